The lowest BCUT2D eigenvalue weighted by molar-refractivity contribution is 0.466. The zero-order valence-electron chi connectivity index (χ0n) is 12.8. The summed E-state index contributed by atoms with van der Waals surface area (Å²) in [6.07, 6.45) is 0.460. The summed E-state index contributed by atoms with van der Waals surface area (Å²) >= 11 is 0. The lowest BCUT2D eigenvalue weighted by Gasteiger charge is -2.19. The van der Waals surface area contributed by atoms with Crippen LogP contribution in [-0.4, -0.2) is 6.54 Å². The SMILES string of the molecule is CC(C)(C)c1ccc(Oc2cccc(F)c2CCN)cc1. The fourth-order valence-electron chi connectivity index (χ4n) is 2.17. The van der Waals surface area contributed by atoms with E-state index in [4.69, 9.17) is 10.5 Å². The Hall–Kier alpha value is -1.87. The van der Waals surface area contributed by atoms with Crippen LogP contribution in [0.4, 0.5) is 4.39 Å². The molecule has 0 atom stereocenters. The molecule has 21 heavy (non-hydrogen) atoms. The van der Waals surface area contributed by atoms with E-state index in [1.807, 2.05) is 24.3 Å². The molecule has 112 valence electrons. The van der Waals surface area contributed by atoms with Crippen LogP contribution in [-0.2, 0) is 11.8 Å². The number of ether oxygens (including phenoxy) is 1. The number of nitrogens with two attached hydrogens (primary N) is 1. The summed E-state index contributed by atoms with van der Waals surface area (Å²) in [6.45, 7) is 6.87. The first kappa shape index (κ1) is 15.5. The highest BCUT2D eigenvalue weighted by Crippen LogP contribution is 2.29. The van der Waals surface area contributed by atoms with Gasteiger partial charge >= 0.3 is 0 Å². The van der Waals surface area contributed by atoms with E-state index in [0.29, 0.717) is 30.0 Å². The van der Waals surface area contributed by atoms with Crippen LogP contribution in [0.5, 0.6) is 11.5 Å². The molecule has 0 fully saturated rings. The van der Waals surface area contributed by atoms with Crippen LogP contribution in [0.2, 0.25) is 0 Å². The van der Waals surface area contributed by atoms with Gasteiger partial charge in [0.25, 0.3) is 0 Å². The standard InChI is InChI=1S/C18H22FNO/c1-18(2,3)13-7-9-14(10-8-13)21-17-6-4-5-16(19)15(17)11-12-20/h4-10H,11-12,20H2,1-3H3. The van der Waals surface area contributed by atoms with Gasteiger partial charge < -0.3 is 10.5 Å². The Morgan fingerprint density at radius 2 is 1.71 bits per heavy atom. The molecule has 2 N–H and O–H groups in total. The maximum atomic E-state index is 13.8. The first-order valence-electron chi connectivity index (χ1n) is 7.17. The van der Waals surface area contributed by atoms with Gasteiger partial charge in [0.1, 0.15) is 17.3 Å². The Morgan fingerprint density at radius 3 is 2.29 bits per heavy atom. The second-order valence-corrected chi connectivity index (χ2v) is 6.13. The minimum atomic E-state index is -0.274. The topological polar surface area (TPSA) is 35.2 Å². The third kappa shape index (κ3) is 3.82. The third-order valence-corrected chi connectivity index (χ3v) is 3.42. The summed E-state index contributed by atoms with van der Waals surface area (Å²) in [5.74, 6) is 0.958. The van der Waals surface area contributed by atoms with Gasteiger partial charge in [-0.25, -0.2) is 4.39 Å². The molecule has 0 aliphatic rings. The molecule has 0 saturated heterocycles. The molecule has 0 aliphatic carbocycles. The maximum Gasteiger partial charge on any atom is 0.133 e. The van der Waals surface area contributed by atoms with Gasteiger partial charge in [-0.15, -0.1) is 0 Å². The Morgan fingerprint density at radius 1 is 1.05 bits per heavy atom. The van der Waals surface area contributed by atoms with Crippen LogP contribution in [0.1, 0.15) is 31.9 Å². The van der Waals surface area contributed by atoms with Gasteiger partial charge in [-0.3, -0.25) is 0 Å². The fraction of sp³-hybridized carbons (Fsp3) is 0.333. The van der Waals surface area contributed by atoms with E-state index in [9.17, 15) is 4.39 Å². The molecule has 0 unspecified atom stereocenters. The van der Waals surface area contributed by atoms with Crippen molar-refractivity contribution >= 4 is 0 Å². The van der Waals surface area contributed by atoms with E-state index in [1.165, 1.54) is 11.6 Å². The summed E-state index contributed by atoms with van der Waals surface area (Å²) in [5, 5.41) is 0. The van der Waals surface area contributed by atoms with Crippen LogP contribution < -0.4 is 10.5 Å². The van der Waals surface area contributed by atoms with Crippen LogP contribution in [0, 0.1) is 5.82 Å². The second kappa shape index (κ2) is 6.27. The summed E-state index contributed by atoms with van der Waals surface area (Å²) < 4.78 is 19.6. The van der Waals surface area contributed by atoms with Gasteiger partial charge in [-0.2, -0.15) is 0 Å². The summed E-state index contributed by atoms with van der Waals surface area (Å²) in [6, 6.07) is 12.8. The normalized spacial score (nSPS) is 11.5. The van der Waals surface area contributed by atoms with Crippen molar-refractivity contribution in [1.29, 1.82) is 0 Å². The minimum Gasteiger partial charge on any atom is -0.457 e. The molecule has 2 aromatic rings. The van der Waals surface area contributed by atoms with E-state index < -0.39 is 0 Å². The van der Waals surface area contributed by atoms with Crippen molar-refractivity contribution in [2.45, 2.75) is 32.6 Å². The number of benzene rings is 2. The van der Waals surface area contributed by atoms with Crippen molar-refractivity contribution < 1.29 is 9.13 Å². The molecular formula is C18H22FNO. The van der Waals surface area contributed by atoms with Crippen molar-refractivity contribution in [3.63, 3.8) is 0 Å². The van der Waals surface area contributed by atoms with Crippen molar-refractivity contribution in [2.24, 2.45) is 5.73 Å². The van der Waals surface area contributed by atoms with Crippen LogP contribution in [0.3, 0.4) is 0 Å². The highest BCUT2D eigenvalue weighted by Gasteiger charge is 2.14. The Bertz CT molecular complexity index is 600. The maximum absolute atomic E-state index is 13.8. The van der Waals surface area contributed by atoms with Gasteiger partial charge in [0, 0.05) is 5.56 Å². The minimum absolute atomic E-state index is 0.0993. The van der Waals surface area contributed by atoms with Gasteiger partial charge in [0.05, 0.1) is 0 Å². The van der Waals surface area contributed by atoms with E-state index in [2.05, 4.69) is 20.8 Å². The molecule has 0 aromatic heterocycles. The Labute approximate surface area is 125 Å². The van der Waals surface area contributed by atoms with Gasteiger partial charge in [-0.1, -0.05) is 39.0 Å². The van der Waals surface area contributed by atoms with Crippen LogP contribution in [0.15, 0.2) is 42.5 Å². The predicted octanol–water partition coefficient (Wildman–Crippen LogP) is 4.42. The highest BCUT2D eigenvalue weighted by atomic mass is 19.1. The van der Waals surface area contributed by atoms with Crippen LogP contribution >= 0.6 is 0 Å². The van der Waals surface area contributed by atoms with E-state index in [-0.39, 0.29) is 11.2 Å². The van der Waals surface area contributed by atoms with Crippen molar-refractivity contribution in [1.82, 2.24) is 0 Å². The van der Waals surface area contributed by atoms with Crippen LogP contribution in [0.25, 0.3) is 0 Å². The molecule has 0 radical (unpaired) electrons. The summed E-state index contributed by atoms with van der Waals surface area (Å²) in [4.78, 5) is 0. The molecule has 3 heteroatoms. The van der Waals surface area contributed by atoms with Gasteiger partial charge in [0.15, 0.2) is 0 Å². The zero-order chi connectivity index (χ0) is 15.5. The number of halogens is 1. The molecule has 2 nitrogen and oxygen atoms in total. The van der Waals surface area contributed by atoms with Gasteiger partial charge in [-0.05, 0) is 48.2 Å². The average Bonchev–Trinajstić information content (AvgIpc) is 2.42. The molecular weight excluding hydrogens is 265 g/mol. The first-order valence-corrected chi connectivity index (χ1v) is 7.17. The largest absolute Gasteiger partial charge is 0.457 e. The second-order valence-electron chi connectivity index (χ2n) is 6.13. The average molecular weight is 287 g/mol. The molecule has 0 saturated carbocycles. The molecule has 2 aromatic carbocycles. The monoisotopic (exact) mass is 287 g/mol. The van der Waals surface area contributed by atoms with E-state index in [0.717, 1.165) is 0 Å². The Balaban J connectivity index is 2.24. The number of hydrogen-bond acceptors (Lipinski definition) is 2. The van der Waals surface area contributed by atoms with E-state index in [1.54, 1.807) is 12.1 Å². The molecule has 0 heterocycles. The van der Waals surface area contributed by atoms with Gasteiger partial charge in [0.2, 0.25) is 0 Å². The van der Waals surface area contributed by atoms with E-state index >= 15 is 0 Å². The number of hydrogen-bond donors (Lipinski definition) is 1. The lowest BCUT2D eigenvalue weighted by atomic mass is 9.87. The highest BCUT2D eigenvalue weighted by molar-refractivity contribution is 5.40. The van der Waals surface area contributed by atoms with Crippen molar-refractivity contribution in [2.75, 3.05) is 6.54 Å². The summed E-state index contributed by atoms with van der Waals surface area (Å²) in [7, 11) is 0. The Kier molecular flexibility index (Phi) is 4.63. The first-order chi connectivity index (χ1) is 9.91. The summed E-state index contributed by atoms with van der Waals surface area (Å²) in [5.41, 5.74) is 7.40. The molecule has 0 bridgehead atoms. The lowest BCUT2D eigenvalue weighted by Crippen LogP contribution is -2.10. The predicted molar refractivity (Wildman–Crippen MR) is 84.4 cm³/mol. The van der Waals surface area contributed by atoms with Crippen molar-refractivity contribution in [3.05, 3.63) is 59.4 Å². The third-order valence-electron chi connectivity index (χ3n) is 3.42. The zero-order valence-corrected chi connectivity index (χ0v) is 12.8. The quantitative estimate of drug-likeness (QED) is 0.903. The molecule has 0 spiro atoms. The fourth-order valence-corrected chi connectivity index (χ4v) is 2.17. The number of rotatable bonds is 4. The molecule has 0 amide bonds. The molecule has 0 aliphatic heterocycles. The van der Waals surface area contributed by atoms with Crippen molar-refractivity contribution in [3.8, 4) is 11.5 Å². The smallest absolute Gasteiger partial charge is 0.133 e. The molecule has 2 rings (SSSR count).